The van der Waals surface area contributed by atoms with Gasteiger partial charge < -0.3 is 15.2 Å². The van der Waals surface area contributed by atoms with Crippen LogP contribution in [0.3, 0.4) is 0 Å². The number of thiophene rings is 1. The molecule has 8 heteroatoms. The zero-order chi connectivity index (χ0) is 18.9. The molecule has 0 radical (unpaired) electrons. The van der Waals surface area contributed by atoms with Gasteiger partial charge in [0.25, 0.3) is 0 Å². The van der Waals surface area contributed by atoms with Gasteiger partial charge in [-0.1, -0.05) is 6.07 Å². The van der Waals surface area contributed by atoms with Crippen molar-refractivity contribution >= 4 is 41.3 Å². The second kappa shape index (κ2) is 12.4. The summed E-state index contributed by atoms with van der Waals surface area (Å²) in [6.45, 7) is 7.30. The molecule has 1 aliphatic rings. The first-order valence-electron chi connectivity index (χ1n) is 9.97. The van der Waals surface area contributed by atoms with E-state index in [2.05, 4.69) is 47.6 Å². The molecule has 1 atom stereocenters. The van der Waals surface area contributed by atoms with Crippen molar-refractivity contribution in [2.45, 2.75) is 45.2 Å². The van der Waals surface area contributed by atoms with Crippen molar-refractivity contribution in [3.63, 3.8) is 0 Å². The van der Waals surface area contributed by atoms with Gasteiger partial charge in [-0.25, -0.2) is 4.98 Å². The predicted molar refractivity (Wildman–Crippen MR) is 129 cm³/mol. The van der Waals surface area contributed by atoms with Gasteiger partial charge in [0.1, 0.15) is 5.82 Å². The number of unbranched alkanes of at least 4 members (excludes halogenated alkanes) is 1. The Morgan fingerprint density at radius 2 is 2.11 bits per heavy atom. The number of aryl methyl sites for hydroxylation is 2. The minimum Gasteiger partial charge on any atom is -0.356 e. The van der Waals surface area contributed by atoms with E-state index in [0.29, 0.717) is 6.04 Å². The number of guanidine groups is 1. The van der Waals surface area contributed by atoms with Crippen LogP contribution in [-0.2, 0) is 6.54 Å². The first-order valence-corrected chi connectivity index (χ1v) is 10.9. The van der Waals surface area contributed by atoms with Crippen molar-refractivity contribution in [1.82, 2.24) is 25.1 Å². The van der Waals surface area contributed by atoms with Crippen LogP contribution in [0.4, 0.5) is 0 Å². The molecule has 2 aromatic heterocycles. The summed E-state index contributed by atoms with van der Waals surface area (Å²) in [5, 5.41) is 9.17. The lowest BCUT2D eigenvalue weighted by Crippen LogP contribution is -2.42. The molecular formula is C20H33IN6S. The average Bonchev–Trinajstić information content (AvgIpc) is 3.44. The van der Waals surface area contributed by atoms with Gasteiger partial charge in [-0.15, -0.1) is 35.3 Å². The molecule has 1 aliphatic heterocycles. The molecule has 28 heavy (non-hydrogen) atoms. The van der Waals surface area contributed by atoms with Gasteiger partial charge in [0.15, 0.2) is 5.96 Å². The summed E-state index contributed by atoms with van der Waals surface area (Å²) in [7, 11) is 1.85. The highest BCUT2D eigenvalue weighted by molar-refractivity contribution is 14.0. The van der Waals surface area contributed by atoms with Crippen LogP contribution in [0, 0.1) is 6.92 Å². The monoisotopic (exact) mass is 516 g/mol. The molecule has 3 rings (SSSR count). The van der Waals surface area contributed by atoms with Crippen molar-refractivity contribution in [3.05, 3.63) is 40.6 Å². The van der Waals surface area contributed by atoms with Gasteiger partial charge in [0.05, 0.1) is 6.04 Å². The first-order chi connectivity index (χ1) is 13.3. The van der Waals surface area contributed by atoms with Crippen LogP contribution in [-0.4, -0.2) is 53.6 Å². The Bertz CT molecular complexity index is 693. The van der Waals surface area contributed by atoms with Crippen LogP contribution >= 0.6 is 35.3 Å². The maximum Gasteiger partial charge on any atom is 0.191 e. The van der Waals surface area contributed by atoms with E-state index in [9.17, 15) is 0 Å². The number of imidazole rings is 1. The summed E-state index contributed by atoms with van der Waals surface area (Å²) in [6.07, 6.45) is 8.78. The van der Waals surface area contributed by atoms with E-state index < -0.39 is 0 Å². The van der Waals surface area contributed by atoms with E-state index in [0.717, 1.165) is 44.3 Å². The molecule has 1 saturated heterocycles. The lowest BCUT2D eigenvalue weighted by Gasteiger charge is -2.27. The molecule has 1 unspecified atom stereocenters. The van der Waals surface area contributed by atoms with Crippen LogP contribution in [0.1, 0.15) is 42.4 Å². The van der Waals surface area contributed by atoms with Gasteiger partial charge in [-0.2, -0.15) is 0 Å². The minimum absolute atomic E-state index is 0. The average molecular weight is 516 g/mol. The Morgan fingerprint density at radius 3 is 2.75 bits per heavy atom. The van der Waals surface area contributed by atoms with Crippen LogP contribution in [0.25, 0.3) is 0 Å². The number of aliphatic imine (C=N–C) groups is 1. The number of nitrogens with zero attached hydrogens (tertiary/aromatic N) is 4. The Balaban J connectivity index is 0.00000280. The summed E-state index contributed by atoms with van der Waals surface area (Å²) in [5.74, 6) is 1.98. The maximum absolute atomic E-state index is 4.39. The SMILES string of the molecule is CN=C(NCCCCn1ccnc1C)NCC(c1cccs1)N1CCCC1.I. The van der Waals surface area contributed by atoms with Gasteiger partial charge >= 0.3 is 0 Å². The van der Waals surface area contributed by atoms with Crippen molar-refractivity contribution in [2.75, 3.05) is 33.2 Å². The third-order valence-corrected chi connectivity index (χ3v) is 6.15. The van der Waals surface area contributed by atoms with E-state index in [1.165, 1.54) is 30.8 Å². The molecule has 2 N–H and O–H groups in total. The highest BCUT2D eigenvalue weighted by atomic mass is 127. The Morgan fingerprint density at radius 1 is 1.29 bits per heavy atom. The van der Waals surface area contributed by atoms with Crippen molar-refractivity contribution in [3.8, 4) is 0 Å². The molecule has 0 spiro atoms. The molecular weight excluding hydrogens is 483 g/mol. The lowest BCUT2D eigenvalue weighted by atomic mass is 10.2. The smallest absolute Gasteiger partial charge is 0.191 e. The fourth-order valence-electron chi connectivity index (χ4n) is 3.61. The summed E-state index contributed by atoms with van der Waals surface area (Å²) in [4.78, 5) is 12.7. The minimum atomic E-state index is 0. The molecule has 0 aliphatic carbocycles. The van der Waals surface area contributed by atoms with Crippen LogP contribution < -0.4 is 10.6 Å². The van der Waals surface area contributed by atoms with Crippen LogP contribution in [0.2, 0.25) is 0 Å². The zero-order valence-corrected chi connectivity index (χ0v) is 20.1. The molecule has 0 amide bonds. The van der Waals surface area contributed by atoms with E-state index >= 15 is 0 Å². The second-order valence-corrected chi connectivity index (χ2v) is 8.01. The Hall–Kier alpha value is -1.13. The maximum atomic E-state index is 4.39. The largest absolute Gasteiger partial charge is 0.356 e. The normalized spacial score (nSPS) is 16.0. The molecule has 0 bridgehead atoms. The zero-order valence-electron chi connectivity index (χ0n) is 16.9. The lowest BCUT2D eigenvalue weighted by molar-refractivity contribution is 0.249. The topological polar surface area (TPSA) is 57.5 Å². The third-order valence-electron chi connectivity index (χ3n) is 5.18. The standard InChI is InChI=1S/C20H32N6S.HI/c1-17-22-10-14-25(17)11-4-3-9-23-20(21-2)24-16-18(19-8-7-15-27-19)26-12-5-6-13-26;/h7-8,10,14-15,18H,3-6,9,11-13,16H2,1-2H3,(H2,21,23,24);1H. The number of nitrogens with one attached hydrogen (secondary N) is 2. The van der Waals surface area contributed by atoms with E-state index in [1.807, 2.05) is 37.7 Å². The van der Waals surface area contributed by atoms with Gasteiger partial charge in [0, 0.05) is 44.0 Å². The molecule has 2 aromatic rings. The third kappa shape index (κ3) is 6.73. The molecule has 3 heterocycles. The fraction of sp³-hybridized carbons (Fsp3) is 0.600. The quantitative estimate of drug-likeness (QED) is 0.231. The summed E-state index contributed by atoms with van der Waals surface area (Å²) < 4.78 is 2.20. The van der Waals surface area contributed by atoms with Crippen molar-refractivity contribution < 1.29 is 0 Å². The van der Waals surface area contributed by atoms with E-state index in [4.69, 9.17) is 0 Å². The van der Waals surface area contributed by atoms with Crippen molar-refractivity contribution in [2.24, 2.45) is 4.99 Å². The Labute approximate surface area is 189 Å². The molecule has 1 fully saturated rings. The number of hydrogen-bond donors (Lipinski definition) is 2. The molecule has 6 nitrogen and oxygen atoms in total. The number of hydrogen-bond acceptors (Lipinski definition) is 4. The number of likely N-dealkylation sites (tertiary alicyclic amines) is 1. The number of halogens is 1. The summed E-state index contributed by atoms with van der Waals surface area (Å²) in [5.41, 5.74) is 0. The predicted octanol–water partition coefficient (Wildman–Crippen LogP) is 3.65. The molecule has 0 saturated carbocycles. The first kappa shape index (κ1) is 23.2. The highest BCUT2D eigenvalue weighted by Crippen LogP contribution is 2.27. The summed E-state index contributed by atoms with van der Waals surface area (Å²) in [6, 6.07) is 4.84. The number of aromatic nitrogens is 2. The van der Waals surface area contributed by atoms with Crippen molar-refractivity contribution in [1.29, 1.82) is 0 Å². The fourth-order valence-corrected chi connectivity index (χ4v) is 4.47. The van der Waals surface area contributed by atoms with Gasteiger partial charge in [-0.05, 0) is 57.1 Å². The second-order valence-electron chi connectivity index (χ2n) is 7.03. The number of rotatable bonds is 9. The molecule has 0 aromatic carbocycles. The van der Waals surface area contributed by atoms with Gasteiger partial charge in [0.2, 0.25) is 0 Å². The summed E-state index contributed by atoms with van der Waals surface area (Å²) >= 11 is 1.85. The van der Waals surface area contributed by atoms with E-state index in [1.54, 1.807) is 0 Å². The van der Waals surface area contributed by atoms with E-state index in [-0.39, 0.29) is 24.0 Å². The van der Waals surface area contributed by atoms with Crippen LogP contribution in [0.5, 0.6) is 0 Å². The van der Waals surface area contributed by atoms with Gasteiger partial charge in [-0.3, -0.25) is 9.89 Å². The molecule has 156 valence electrons. The highest BCUT2D eigenvalue weighted by Gasteiger charge is 2.24. The Kier molecular flexibility index (Phi) is 10.3. The van der Waals surface area contributed by atoms with Crippen LogP contribution in [0.15, 0.2) is 34.9 Å².